The summed E-state index contributed by atoms with van der Waals surface area (Å²) in [5.41, 5.74) is 0.686. The number of pyridine rings is 1. The van der Waals surface area contributed by atoms with Crippen LogP contribution in [0.15, 0.2) is 44.2 Å². The number of hydrogen-bond donors (Lipinski definition) is 0. The van der Waals surface area contributed by atoms with Crippen molar-refractivity contribution in [3.8, 4) is 0 Å². The maximum atomic E-state index is 11.9. The Morgan fingerprint density at radius 3 is 2.61 bits per heavy atom. The standard InChI is InChI=1S/C12H7Br2Cl2NO/c13-8-4-10(14)12(18)17(6-8)5-7-3-9(15)1-2-11(7)16/h1-4,6H,5H2. The van der Waals surface area contributed by atoms with Crippen LogP contribution in [0.4, 0.5) is 0 Å². The molecule has 1 aromatic carbocycles. The first kappa shape index (κ1) is 14.1. The molecule has 1 aromatic heterocycles. The first-order valence-electron chi connectivity index (χ1n) is 4.97. The Morgan fingerprint density at radius 2 is 1.89 bits per heavy atom. The van der Waals surface area contributed by atoms with E-state index in [4.69, 9.17) is 23.2 Å². The summed E-state index contributed by atoms with van der Waals surface area (Å²) in [6.07, 6.45) is 1.71. The monoisotopic (exact) mass is 409 g/mol. The summed E-state index contributed by atoms with van der Waals surface area (Å²) in [6, 6.07) is 6.90. The molecule has 0 radical (unpaired) electrons. The van der Waals surface area contributed by atoms with Crippen LogP contribution in [-0.4, -0.2) is 4.57 Å². The molecule has 0 spiro atoms. The predicted molar refractivity (Wildman–Crippen MR) is 81.7 cm³/mol. The Balaban J connectivity index is 2.46. The molecule has 0 aliphatic heterocycles. The van der Waals surface area contributed by atoms with Crippen molar-refractivity contribution in [2.45, 2.75) is 6.54 Å². The summed E-state index contributed by atoms with van der Waals surface area (Å²) in [5, 5.41) is 1.18. The largest absolute Gasteiger partial charge is 0.309 e. The van der Waals surface area contributed by atoms with Crippen molar-refractivity contribution in [2.75, 3.05) is 0 Å². The van der Waals surface area contributed by atoms with Crippen molar-refractivity contribution < 1.29 is 0 Å². The van der Waals surface area contributed by atoms with Gasteiger partial charge in [0.1, 0.15) is 0 Å². The lowest BCUT2D eigenvalue weighted by Crippen LogP contribution is -2.20. The average Bonchev–Trinajstić information content (AvgIpc) is 2.30. The summed E-state index contributed by atoms with van der Waals surface area (Å²) < 4.78 is 2.87. The van der Waals surface area contributed by atoms with Crippen molar-refractivity contribution >= 4 is 55.1 Å². The minimum atomic E-state index is -0.116. The molecule has 1 heterocycles. The fraction of sp³-hybridized carbons (Fsp3) is 0.0833. The van der Waals surface area contributed by atoms with Gasteiger partial charge in [-0.3, -0.25) is 4.79 Å². The van der Waals surface area contributed by atoms with E-state index >= 15 is 0 Å². The Labute approximate surface area is 131 Å². The van der Waals surface area contributed by atoms with E-state index in [-0.39, 0.29) is 5.56 Å². The molecule has 0 bridgehead atoms. The lowest BCUT2D eigenvalue weighted by atomic mass is 10.2. The van der Waals surface area contributed by atoms with Crippen LogP contribution in [-0.2, 0) is 6.54 Å². The Hall–Kier alpha value is -0.290. The summed E-state index contributed by atoms with van der Waals surface area (Å²) >= 11 is 18.6. The third-order valence-electron chi connectivity index (χ3n) is 2.36. The van der Waals surface area contributed by atoms with Gasteiger partial charge in [0.15, 0.2) is 0 Å². The summed E-state index contributed by atoms with van der Waals surface area (Å²) in [5.74, 6) is 0. The lowest BCUT2D eigenvalue weighted by molar-refractivity contribution is 0.752. The Kier molecular flexibility index (Phi) is 4.54. The van der Waals surface area contributed by atoms with Crippen LogP contribution in [0.25, 0.3) is 0 Å². The van der Waals surface area contributed by atoms with Gasteiger partial charge < -0.3 is 4.57 Å². The summed E-state index contributed by atoms with van der Waals surface area (Å²) in [7, 11) is 0. The smallest absolute Gasteiger partial charge is 0.265 e. The van der Waals surface area contributed by atoms with Crippen molar-refractivity contribution in [1.29, 1.82) is 0 Å². The van der Waals surface area contributed by atoms with Gasteiger partial charge in [0.25, 0.3) is 5.56 Å². The zero-order chi connectivity index (χ0) is 13.3. The highest BCUT2D eigenvalue weighted by atomic mass is 79.9. The second kappa shape index (κ2) is 5.78. The number of benzene rings is 1. The van der Waals surface area contributed by atoms with Gasteiger partial charge in [-0.15, -0.1) is 0 Å². The van der Waals surface area contributed by atoms with E-state index in [1.54, 1.807) is 35.0 Å². The van der Waals surface area contributed by atoms with Gasteiger partial charge in [0.2, 0.25) is 0 Å². The normalized spacial score (nSPS) is 10.7. The maximum Gasteiger partial charge on any atom is 0.265 e. The third kappa shape index (κ3) is 3.18. The van der Waals surface area contributed by atoms with E-state index < -0.39 is 0 Å². The maximum absolute atomic E-state index is 11.9. The van der Waals surface area contributed by atoms with Crippen LogP contribution in [0.1, 0.15) is 5.56 Å². The highest BCUT2D eigenvalue weighted by Gasteiger charge is 2.07. The fourth-order valence-corrected chi connectivity index (χ4v) is 3.16. The molecule has 0 unspecified atom stereocenters. The molecule has 18 heavy (non-hydrogen) atoms. The summed E-state index contributed by atoms with van der Waals surface area (Å²) in [6.45, 7) is 0.371. The fourth-order valence-electron chi connectivity index (χ4n) is 1.53. The van der Waals surface area contributed by atoms with Gasteiger partial charge in [-0.1, -0.05) is 23.2 Å². The first-order chi connectivity index (χ1) is 8.47. The van der Waals surface area contributed by atoms with Crippen LogP contribution < -0.4 is 5.56 Å². The second-order valence-corrected chi connectivity index (χ2v) is 6.29. The van der Waals surface area contributed by atoms with E-state index in [0.717, 1.165) is 10.0 Å². The zero-order valence-corrected chi connectivity index (χ0v) is 13.6. The SMILES string of the molecule is O=c1c(Br)cc(Br)cn1Cc1cc(Cl)ccc1Cl. The molecular weight excluding hydrogens is 405 g/mol. The molecule has 0 amide bonds. The van der Waals surface area contributed by atoms with Crippen LogP contribution in [0.3, 0.4) is 0 Å². The van der Waals surface area contributed by atoms with E-state index in [2.05, 4.69) is 31.9 Å². The van der Waals surface area contributed by atoms with E-state index in [9.17, 15) is 4.79 Å². The number of halogens is 4. The molecule has 0 saturated carbocycles. The van der Waals surface area contributed by atoms with Crippen molar-refractivity contribution in [1.82, 2.24) is 4.57 Å². The zero-order valence-electron chi connectivity index (χ0n) is 8.96. The molecular formula is C12H7Br2Cl2NO. The van der Waals surface area contributed by atoms with Crippen LogP contribution in [0.2, 0.25) is 10.0 Å². The van der Waals surface area contributed by atoms with Gasteiger partial charge in [-0.2, -0.15) is 0 Å². The molecule has 2 aromatic rings. The molecule has 2 nitrogen and oxygen atoms in total. The van der Waals surface area contributed by atoms with E-state index in [1.807, 2.05) is 0 Å². The molecule has 0 N–H and O–H groups in total. The van der Waals surface area contributed by atoms with Gasteiger partial charge >= 0.3 is 0 Å². The Morgan fingerprint density at radius 1 is 1.17 bits per heavy atom. The van der Waals surface area contributed by atoms with Crippen LogP contribution >= 0.6 is 55.1 Å². The lowest BCUT2D eigenvalue weighted by Gasteiger charge is -2.09. The highest BCUT2D eigenvalue weighted by Crippen LogP contribution is 2.22. The Bertz CT molecular complexity index is 655. The quantitative estimate of drug-likeness (QED) is 0.700. The van der Waals surface area contributed by atoms with Crippen molar-refractivity contribution in [3.63, 3.8) is 0 Å². The predicted octanol–water partition coefficient (Wildman–Crippen LogP) is 4.73. The number of nitrogens with zero attached hydrogens (tertiary/aromatic N) is 1. The van der Waals surface area contributed by atoms with Crippen molar-refractivity contribution in [3.05, 3.63) is 65.4 Å². The van der Waals surface area contributed by atoms with Crippen LogP contribution in [0, 0.1) is 0 Å². The van der Waals surface area contributed by atoms with Crippen molar-refractivity contribution in [2.24, 2.45) is 0 Å². The third-order valence-corrected chi connectivity index (χ3v) is 3.96. The first-order valence-corrected chi connectivity index (χ1v) is 7.31. The molecule has 94 valence electrons. The number of hydrogen-bond acceptors (Lipinski definition) is 1. The van der Waals surface area contributed by atoms with Gasteiger partial charge in [-0.25, -0.2) is 0 Å². The number of rotatable bonds is 2. The molecule has 0 aliphatic rings. The van der Waals surface area contributed by atoms with E-state index in [1.165, 1.54) is 0 Å². The molecule has 2 rings (SSSR count). The summed E-state index contributed by atoms with van der Waals surface area (Å²) in [4.78, 5) is 11.9. The molecule has 6 heteroatoms. The molecule has 0 saturated heterocycles. The van der Waals surface area contributed by atoms with E-state index in [0.29, 0.717) is 21.1 Å². The number of aromatic nitrogens is 1. The van der Waals surface area contributed by atoms with Crippen LogP contribution in [0.5, 0.6) is 0 Å². The second-order valence-electron chi connectivity index (χ2n) is 3.68. The topological polar surface area (TPSA) is 22.0 Å². The van der Waals surface area contributed by atoms with Gasteiger partial charge in [0.05, 0.1) is 11.0 Å². The minimum Gasteiger partial charge on any atom is -0.309 e. The van der Waals surface area contributed by atoms with Gasteiger partial charge in [-0.05, 0) is 61.7 Å². The minimum absolute atomic E-state index is 0.116. The van der Waals surface area contributed by atoms with Gasteiger partial charge in [0, 0.05) is 20.7 Å². The average molecular weight is 412 g/mol. The highest BCUT2D eigenvalue weighted by molar-refractivity contribution is 9.11. The molecule has 0 aliphatic carbocycles. The molecule has 0 atom stereocenters. The molecule has 0 fully saturated rings.